The molecule has 16 aromatic carbocycles. The number of fused-ring (bicyclic) bond motifs is 19. The van der Waals surface area contributed by atoms with E-state index in [0.29, 0.717) is 17.5 Å². The van der Waals surface area contributed by atoms with Crippen LogP contribution in [-0.2, 0) is 16.2 Å². The van der Waals surface area contributed by atoms with Gasteiger partial charge in [0.2, 0.25) is 5.89 Å². The predicted octanol–water partition coefficient (Wildman–Crippen LogP) is 31.6. The highest BCUT2D eigenvalue weighted by atomic mass is 16.3. The Hall–Kier alpha value is -18.1. The molecule has 0 aliphatic heterocycles. The summed E-state index contributed by atoms with van der Waals surface area (Å²) in [7, 11) is 0. The zero-order chi connectivity index (χ0) is 94.4. The molecule has 9 aromatic heterocycles. The standard InChI is InChI=1S/C47H33N5.C44H30N4O.C37H27N3/c1-47(2)38-16-6-3-15-37(38)45-43(47)44(30-21-23-34(24-22-30)52-41-19-7-4-13-35(41)36-14-5-8-20-42(36)52)50-46(51-45)33-28-31(39-17-9-11-25-48-39)27-32(29-33)40-18-10-12-26-49-40;1-44(2)34-17-6-3-16-33(34)41-39(44)40(46-42(47-41)28-12-11-13-29(26-28)43-45-35-18-7-10-21-38(35)49-43)27-22-24-30(25-23-27)48-36-19-8-4-14-31(36)32-15-5-9-20-37(32)48;1-37(2)30-20-9-6-19-29(30)35-33(37)34(38-36(39-35)24-13-4-3-5-14-24)25-15-12-16-26(23-25)40-31-21-10-7-17-27(31)28-18-8-11-22-32(28)40/h3-29H,1-2H3;3-26H,1-2H3;3-23H,1-2H3. The van der Waals surface area contributed by atoms with Gasteiger partial charge in [-0.05, 0) is 156 Å². The van der Waals surface area contributed by atoms with Crippen LogP contribution in [0.2, 0.25) is 0 Å². The number of hydrogen-bond acceptors (Lipinski definition) is 10. The van der Waals surface area contributed by atoms with Gasteiger partial charge in [-0.1, -0.05) is 327 Å². The number of rotatable bonds is 12. The van der Waals surface area contributed by atoms with Crippen LogP contribution in [0.5, 0.6) is 0 Å². The Kier molecular flexibility index (Phi) is 19.6. The fourth-order valence-electron chi connectivity index (χ4n) is 22.3. The Morgan fingerprint density at radius 2 is 0.532 bits per heavy atom. The van der Waals surface area contributed by atoms with Crippen molar-refractivity contribution < 1.29 is 4.42 Å². The van der Waals surface area contributed by atoms with Gasteiger partial charge in [-0.3, -0.25) is 9.97 Å². The molecule has 9 heterocycles. The SMILES string of the molecule is CC1(C)c2ccccc2-c2nc(-c3cc(-c4ccccn4)cc(-c4ccccn4)c3)nc(-c3ccc(-n4c5ccccc5c5ccccc54)cc3)c21.CC1(C)c2ccccc2-c2nc(-c3cccc(-c4nc5ccccc5o4)c3)nc(-c3ccc(-n4c5ccccc5c5ccccc54)cc3)c21.CC1(C)c2ccccc2-c2nc(-c3ccccc3)nc(-c3cccc(-n4c5ccccc5c5ccccc54)c3)c21. The second-order valence-corrected chi connectivity index (χ2v) is 38.3. The fourth-order valence-corrected chi connectivity index (χ4v) is 22.3. The molecule has 0 fully saturated rings. The largest absolute Gasteiger partial charge is 0.436 e. The maximum atomic E-state index is 6.13. The van der Waals surface area contributed by atoms with Crippen molar-refractivity contribution in [2.75, 3.05) is 0 Å². The fraction of sp³-hybridized carbons (Fsp3) is 0.0703. The van der Waals surface area contributed by atoms with E-state index in [1.165, 1.54) is 93.2 Å². The zero-order valence-electron chi connectivity index (χ0n) is 78.3. The molecule has 25 aromatic rings. The summed E-state index contributed by atoms with van der Waals surface area (Å²) in [5.41, 5.74) is 38.7. The lowest BCUT2D eigenvalue weighted by Crippen LogP contribution is -2.17. The van der Waals surface area contributed by atoms with Gasteiger partial charge in [-0.2, -0.15) is 0 Å². The smallest absolute Gasteiger partial charge is 0.227 e. The number of benzene rings is 16. The first-order valence-corrected chi connectivity index (χ1v) is 48.0. The highest BCUT2D eigenvalue weighted by Gasteiger charge is 2.44. The van der Waals surface area contributed by atoms with Gasteiger partial charge >= 0.3 is 0 Å². The minimum absolute atomic E-state index is 0.223. The molecule has 13 nitrogen and oxygen atoms in total. The summed E-state index contributed by atoms with van der Waals surface area (Å²) in [6.07, 6.45) is 3.66. The van der Waals surface area contributed by atoms with Gasteiger partial charge in [0, 0.05) is 161 Å². The van der Waals surface area contributed by atoms with Gasteiger partial charge < -0.3 is 18.1 Å². The molecule has 0 unspecified atom stereocenters. The van der Waals surface area contributed by atoms with Crippen molar-refractivity contribution in [2.24, 2.45) is 0 Å². The van der Waals surface area contributed by atoms with E-state index < -0.39 is 0 Å². The molecular weight excluding hydrogens is 1720 g/mol. The third-order valence-corrected chi connectivity index (χ3v) is 28.9. The minimum Gasteiger partial charge on any atom is -0.436 e. The first-order chi connectivity index (χ1) is 69.2. The second kappa shape index (κ2) is 33.1. The van der Waals surface area contributed by atoms with Crippen molar-refractivity contribution in [1.82, 2.24) is 58.6 Å². The summed E-state index contributed by atoms with van der Waals surface area (Å²) >= 11 is 0. The second-order valence-electron chi connectivity index (χ2n) is 38.3. The molecule has 0 N–H and O–H groups in total. The molecule has 0 bridgehead atoms. The van der Waals surface area contributed by atoms with Gasteiger partial charge in [0.1, 0.15) is 5.52 Å². The molecule has 0 atom stereocenters. The van der Waals surface area contributed by atoms with Crippen molar-refractivity contribution >= 4 is 76.5 Å². The molecule has 13 heteroatoms. The van der Waals surface area contributed by atoms with Crippen LogP contribution in [0.1, 0.15) is 74.9 Å². The van der Waals surface area contributed by atoms with Crippen LogP contribution >= 0.6 is 0 Å². The Morgan fingerprint density at radius 1 is 0.213 bits per heavy atom. The Balaban J connectivity index is 0.000000110. The van der Waals surface area contributed by atoms with Crippen molar-refractivity contribution in [1.29, 1.82) is 0 Å². The van der Waals surface area contributed by atoms with Crippen LogP contribution in [-0.4, -0.2) is 58.6 Å². The number of pyridine rings is 2. The molecule has 0 saturated carbocycles. The third kappa shape index (κ3) is 13.8. The lowest BCUT2D eigenvalue weighted by Gasteiger charge is -2.24. The molecule has 0 spiro atoms. The molecule has 0 radical (unpaired) electrons. The van der Waals surface area contributed by atoms with E-state index in [9.17, 15) is 0 Å². The lowest BCUT2D eigenvalue weighted by atomic mass is 9.81. The summed E-state index contributed by atoms with van der Waals surface area (Å²) < 4.78 is 13.2. The molecule has 3 aliphatic rings. The van der Waals surface area contributed by atoms with Crippen molar-refractivity contribution in [3.63, 3.8) is 0 Å². The van der Waals surface area contributed by atoms with Crippen molar-refractivity contribution in [3.8, 4) is 153 Å². The van der Waals surface area contributed by atoms with Gasteiger partial charge in [0.25, 0.3) is 0 Å². The Bertz CT molecular complexity index is 9080. The number of hydrogen-bond donors (Lipinski definition) is 0. The summed E-state index contributed by atoms with van der Waals surface area (Å²) in [6.45, 7) is 13.7. The summed E-state index contributed by atoms with van der Waals surface area (Å²) in [6, 6.07) is 149. The molecule has 3 aliphatic carbocycles. The average Bonchev–Trinajstić information content (AvgIpc) is 1.56. The van der Waals surface area contributed by atoms with E-state index in [-0.39, 0.29) is 16.2 Å². The van der Waals surface area contributed by atoms with Crippen molar-refractivity contribution in [2.45, 2.75) is 57.8 Å². The number of nitrogens with zero attached hydrogens (tertiary/aromatic N) is 12. The number of aromatic nitrogens is 12. The molecule has 0 amide bonds. The Labute approximate surface area is 814 Å². The first kappa shape index (κ1) is 83.5. The average molecular weight is 1810 g/mol. The van der Waals surface area contributed by atoms with Gasteiger partial charge in [-0.25, -0.2) is 34.9 Å². The van der Waals surface area contributed by atoms with Gasteiger partial charge in [0.15, 0.2) is 23.1 Å². The van der Waals surface area contributed by atoms with E-state index in [0.717, 1.165) is 152 Å². The molecule has 0 saturated heterocycles. The lowest BCUT2D eigenvalue weighted by molar-refractivity contribution is 0.620. The van der Waals surface area contributed by atoms with E-state index in [1.54, 1.807) is 0 Å². The van der Waals surface area contributed by atoms with Crippen LogP contribution in [0.3, 0.4) is 0 Å². The van der Waals surface area contributed by atoms with Crippen molar-refractivity contribution in [3.05, 3.63) is 470 Å². The summed E-state index contributed by atoms with van der Waals surface area (Å²) in [5, 5.41) is 7.51. The van der Waals surface area contributed by atoms with Gasteiger partial charge in [-0.15, -0.1) is 0 Å². The maximum absolute atomic E-state index is 6.13. The van der Waals surface area contributed by atoms with Crippen LogP contribution in [0.25, 0.3) is 229 Å². The van der Waals surface area contributed by atoms with Crippen LogP contribution in [0, 0.1) is 0 Å². The van der Waals surface area contributed by atoms with E-state index in [1.807, 2.05) is 103 Å². The highest BCUT2D eigenvalue weighted by molar-refractivity contribution is 6.12. The van der Waals surface area contributed by atoms with Gasteiger partial charge in [0.05, 0.1) is 78.7 Å². The Morgan fingerprint density at radius 3 is 0.957 bits per heavy atom. The van der Waals surface area contributed by atoms with Crippen LogP contribution in [0.15, 0.2) is 441 Å². The maximum Gasteiger partial charge on any atom is 0.227 e. The van der Waals surface area contributed by atoms with Crippen LogP contribution in [0.4, 0.5) is 0 Å². The first-order valence-electron chi connectivity index (χ1n) is 48.0. The predicted molar refractivity (Wildman–Crippen MR) is 574 cm³/mol. The number of para-hydroxylation sites is 8. The molecule has 141 heavy (non-hydrogen) atoms. The number of oxazole rings is 1. The highest BCUT2D eigenvalue weighted by Crippen LogP contribution is 2.56. The molecule has 668 valence electrons. The quantitative estimate of drug-likeness (QED) is 0.116. The molecule has 28 rings (SSSR count). The third-order valence-electron chi connectivity index (χ3n) is 28.9. The summed E-state index contributed by atoms with van der Waals surface area (Å²) in [4.78, 5) is 46.1. The monoisotopic (exact) mass is 1810 g/mol. The zero-order valence-corrected chi connectivity index (χ0v) is 78.3. The molecular formula is C128H90N12O. The van der Waals surface area contributed by atoms with Crippen LogP contribution < -0.4 is 0 Å². The van der Waals surface area contributed by atoms with E-state index >= 15 is 0 Å². The van der Waals surface area contributed by atoms with E-state index in [4.69, 9.17) is 49.3 Å². The minimum atomic E-state index is -0.291. The van der Waals surface area contributed by atoms with E-state index in [2.05, 4.69) is 389 Å². The summed E-state index contributed by atoms with van der Waals surface area (Å²) in [5.74, 6) is 2.68. The normalized spacial score (nSPS) is 13.2. The topological polar surface area (TPSA) is 144 Å².